The highest BCUT2D eigenvalue weighted by molar-refractivity contribution is 6.75. The Morgan fingerprint density at radius 3 is 2.22 bits per heavy atom. The normalized spacial score (nSPS) is 12.4. The van der Waals surface area contributed by atoms with E-state index in [9.17, 15) is 10.0 Å². The minimum Gasteiger partial charge on any atom is -0.543 e. The summed E-state index contributed by atoms with van der Waals surface area (Å²) in [6.45, 7) is 10.6. The van der Waals surface area contributed by atoms with Crippen LogP contribution >= 0.6 is 11.6 Å². The van der Waals surface area contributed by atoms with E-state index in [1.807, 2.05) is 0 Å². The van der Waals surface area contributed by atoms with Crippen molar-refractivity contribution in [1.82, 2.24) is 0 Å². The maximum atomic E-state index is 9.21. The van der Waals surface area contributed by atoms with Crippen LogP contribution in [0.15, 0.2) is 18.2 Å². The van der Waals surface area contributed by atoms with Gasteiger partial charge in [0.15, 0.2) is 0 Å². The number of hydrogen-bond donors (Lipinski definition) is 2. The summed E-state index contributed by atoms with van der Waals surface area (Å²) in [6, 6.07) is 5.04. The molecule has 6 heteroatoms. The molecule has 0 radical (unpaired) electrons. The van der Waals surface area contributed by atoms with E-state index in [4.69, 9.17) is 16.0 Å². The third-order valence-electron chi connectivity index (χ3n) is 3.44. The third-order valence-corrected chi connectivity index (χ3v) is 8.19. The monoisotopic (exact) mass is 286 g/mol. The highest BCUT2D eigenvalue weighted by Gasteiger charge is 2.39. The van der Waals surface area contributed by atoms with E-state index < -0.39 is 15.4 Å². The average Bonchev–Trinajstić information content (AvgIpc) is 2.18. The summed E-state index contributed by atoms with van der Waals surface area (Å²) in [4.78, 5) is 0. The molecule has 100 valence electrons. The Labute approximate surface area is 115 Å². The smallest absolute Gasteiger partial charge is 0.490 e. The zero-order valence-corrected chi connectivity index (χ0v) is 13.2. The molecule has 0 aliphatic rings. The van der Waals surface area contributed by atoms with Gasteiger partial charge in [-0.05, 0) is 24.2 Å². The second-order valence-corrected chi connectivity index (χ2v) is 11.0. The first kappa shape index (κ1) is 15.6. The molecule has 0 unspecified atom stereocenters. The first-order valence-corrected chi connectivity index (χ1v) is 9.18. The van der Waals surface area contributed by atoms with Gasteiger partial charge in [-0.15, -0.1) is 0 Å². The van der Waals surface area contributed by atoms with Crippen LogP contribution in [-0.4, -0.2) is 25.5 Å². The van der Waals surface area contributed by atoms with Crippen molar-refractivity contribution in [3.8, 4) is 5.75 Å². The fourth-order valence-electron chi connectivity index (χ4n) is 1.23. The minimum absolute atomic E-state index is 0.0597. The van der Waals surface area contributed by atoms with Gasteiger partial charge in [0.1, 0.15) is 5.75 Å². The Morgan fingerprint density at radius 2 is 1.78 bits per heavy atom. The van der Waals surface area contributed by atoms with Gasteiger partial charge in [0.25, 0.3) is 8.32 Å². The highest BCUT2D eigenvalue weighted by atomic mass is 35.5. The molecule has 0 bridgehead atoms. The third kappa shape index (κ3) is 3.29. The van der Waals surface area contributed by atoms with E-state index in [1.165, 1.54) is 0 Å². The summed E-state index contributed by atoms with van der Waals surface area (Å²) in [6.07, 6.45) is 0. The maximum Gasteiger partial charge on any atom is 0.490 e. The lowest BCUT2D eigenvalue weighted by molar-refractivity contribution is 0.425. The van der Waals surface area contributed by atoms with Gasteiger partial charge < -0.3 is 14.5 Å². The van der Waals surface area contributed by atoms with Gasteiger partial charge in [-0.25, -0.2) is 0 Å². The molecule has 0 aromatic heterocycles. The van der Waals surface area contributed by atoms with Gasteiger partial charge in [0.2, 0.25) is 0 Å². The fourth-order valence-corrected chi connectivity index (χ4v) is 2.59. The number of benzene rings is 1. The average molecular weight is 287 g/mol. The summed E-state index contributed by atoms with van der Waals surface area (Å²) in [5.74, 6) is 0.522. The second kappa shape index (κ2) is 5.25. The molecule has 0 atom stereocenters. The van der Waals surface area contributed by atoms with Crippen molar-refractivity contribution in [2.24, 2.45) is 0 Å². The summed E-state index contributed by atoms with van der Waals surface area (Å²) in [5, 5.41) is 18.8. The van der Waals surface area contributed by atoms with E-state index in [0.29, 0.717) is 5.75 Å². The Bertz CT molecular complexity index is 430. The highest BCUT2D eigenvalue weighted by Crippen LogP contribution is 2.38. The van der Waals surface area contributed by atoms with Crippen molar-refractivity contribution < 1.29 is 14.5 Å². The van der Waals surface area contributed by atoms with Crippen molar-refractivity contribution in [3.05, 3.63) is 23.2 Å². The summed E-state index contributed by atoms with van der Waals surface area (Å²) >= 11 is 6.14. The molecule has 2 N–H and O–H groups in total. The van der Waals surface area contributed by atoms with E-state index in [1.54, 1.807) is 18.2 Å². The van der Waals surface area contributed by atoms with Crippen LogP contribution < -0.4 is 9.89 Å². The lowest BCUT2D eigenvalue weighted by Crippen LogP contribution is -2.44. The van der Waals surface area contributed by atoms with E-state index in [0.717, 1.165) is 0 Å². The van der Waals surface area contributed by atoms with Crippen LogP contribution in [0.5, 0.6) is 5.75 Å². The first-order chi connectivity index (χ1) is 8.06. The fraction of sp³-hybridized carbons (Fsp3) is 0.500. The maximum absolute atomic E-state index is 9.21. The van der Waals surface area contributed by atoms with Crippen LogP contribution in [0.3, 0.4) is 0 Å². The second-order valence-electron chi connectivity index (χ2n) is 5.90. The molecule has 0 saturated carbocycles. The summed E-state index contributed by atoms with van der Waals surface area (Å²) < 4.78 is 6.07. The Morgan fingerprint density at radius 1 is 1.22 bits per heavy atom. The minimum atomic E-state index is -1.98. The van der Waals surface area contributed by atoms with E-state index >= 15 is 0 Å². The van der Waals surface area contributed by atoms with E-state index in [2.05, 4.69) is 33.9 Å². The Balaban J connectivity index is 3.10. The number of halogens is 1. The van der Waals surface area contributed by atoms with Crippen molar-refractivity contribution in [3.63, 3.8) is 0 Å². The zero-order valence-electron chi connectivity index (χ0n) is 11.5. The van der Waals surface area contributed by atoms with Gasteiger partial charge in [-0.2, -0.15) is 0 Å². The van der Waals surface area contributed by atoms with Crippen LogP contribution in [-0.2, 0) is 0 Å². The van der Waals surface area contributed by atoms with Gasteiger partial charge >= 0.3 is 7.12 Å². The molecule has 0 saturated heterocycles. The molecule has 3 nitrogen and oxygen atoms in total. The SMILES string of the molecule is CC(C)(C)[Si](C)(C)Oc1cccc(B(O)O)c1Cl. The van der Waals surface area contributed by atoms with Crippen molar-refractivity contribution in [2.75, 3.05) is 0 Å². The quantitative estimate of drug-likeness (QED) is 0.839. The molecule has 1 aromatic rings. The van der Waals surface area contributed by atoms with Crippen molar-refractivity contribution >= 4 is 32.5 Å². The van der Waals surface area contributed by atoms with Crippen molar-refractivity contribution in [1.29, 1.82) is 0 Å². The molecular formula is C12H20BClO3Si. The lowest BCUT2D eigenvalue weighted by Gasteiger charge is -2.36. The standard InChI is InChI=1S/C12H20BClO3Si/c1-12(2,3)18(4,5)17-10-8-6-7-9(11(10)14)13(15)16/h6-8,15-16H,1-5H3. The molecule has 0 fully saturated rings. The van der Waals surface area contributed by atoms with Crippen molar-refractivity contribution in [2.45, 2.75) is 38.9 Å². The predicted octanol–water partition coefficient (Wildman–Crippen LogP) is 2.40. The van der Waals surface area contributed by atoms with E-state index in [-0.39, 0.29) is 15.5 Å². The predicted molar refractivity (Wildman–Crippen MR) is 79.1 cm³/mol. The Kier molecular flexibility index (Phi) is 4.54. The molecule has 18 heavy (non-hydrogen) atoms. The molecule has 1 aromatic carbocycles. The Hall–Kier alpha value is -0.488. The topological polar surface area (TPSA) is 49.7 Å². The summed E-state index contributed by atoms with van der Waals surface area (Å²) in [7, 11) is -3.57. The van der Waals surface area contributed by atoms with Gasteiger partial charge in [-0.1, -0.05) is 44.5 Å². The van der Waals surface area contributed by atoms with Gasteiger partial charge in [-0.3, -0.25) is 0 Å². The van der Waals surface area contributed by atoms with Crippen LogP contribution in [0.2, 0.25) is 23.2 Å². The zero-order chi connectivity index (χ0) is 14.1. The van der Waals surface area contributed by atoms with Crippen LogP contribution in [0.1, 0.15) is 20.8 Å². The van der Waals surface area contributed by atoms with Crippen LogP contribution in [0.4, 0.5) is 0 Å². The lowest BCUT2D eigenvalue weighted by atomic mass is 9.80. The van der Waals surface area contributed by atoms with Crippen LogP contribution in [0.25, 0.3) is 0 Å². The molecule has 0 heterocycles. The van der Waals surface area contributed by atoms with Crippen LogP contribution in [0, 0.1) is 0 Å². The van der Waals surface area contributed by atoms with Gasteiger partial charge in [0.05, 0.1) is 5.02 Å². The van der Waals surface area contributed by atoms with Gasteiger partial charge in [0, 0.05) is 5.46 Å². The molecular weight excluding hydrogens is 266 g/mol. The number of hydrogen-bond acceptors (Lipinski definition) is 3. The number of rotatable bonds is 3. The largest absolute Gasteiger partial charge is 0.543 e. The molecule has 0 aliphatic carbocycles. The molecule has 0 spiro atoms. The summed E-state index contributed by atoms with van der Waals surface area (Å²) in [5.41, 5.74) is 0.271. The molecule has 0 amide bonds. The molecule has 0 aliphatic heterocycles. The molecule has 1 rings (SSSR count). The first-order valence-electron chi connectivity index (χ1n) is 5.90.